The van der Waals surface area contributed by atoms with Gasteiger partial charge in [-0.1, -0.05) is 54.0 Å². The highest BCUT2D eigenvalue weighted by atomic mass is 35.5. The van der Waals surface area contributed by atoms with Gasteiger partial charge in [-0.2, -0.15) is 13.2 Å². The highest BCUT2D eigenvalue weighted by Gasteiger charge is 2.36. The summed E-state index contributed by atoms with van der Waals surface area (Å²) in [7, 11) is 1.48. The number of nitrogens with one attached hydrogen (secondary N) is 2. The van der Waals surface area contributed by atoms with Gasteiger partial charge in [-0.15, -0.1) is 0 Å². The molecule has 252 valence electrons. The van der Waals surface area contributed by atoms with Crippen LogP contribution >= 0.6 is 23.4 Å². The number of pyridine rings is 1. The molecule has 0 aliphatic heterocycles. The number of aromatic amines is 1. The van der Waals surface area contributed by atoms with E-state index in [1.165, 1.54) is 24.2 Å². The average Bonchev–Trinajstić information content (AvgIpc) is 3.36. The number of alkyl halides is 3. The predicted octanol–water partition coefficient (Wildman–Crippen LogP) is 5.30. The molecule has 0 saturated heterocycles. The number of benzene rings is 2. The van der Waals surface area contributed by atoms with E-state index < -0.39 is 42.2 Å². The Morgan fingerprint density at radius 3 is 2.53 bits per heavy atom. The molecule has 0 spiro atoms. The molecule has 0 aliphatic carbocycles. The molecule has 47 heavy (non-hydrogen) atoms. The first-order chi connectivity index (χ1) is 22.4. The fraction of sp³-hybridized carbons (Fsp3) is 0.364. The Kier molecular flexibility index (Phi) is 12.3. The van der Waals surface area contributed by atoms with Crippen LogP contribution in [0.3, 0.4) is 0 Å². The summed E-state index contributed by atoms with van der Waals surface area (Å²) in [5.74, 6) is -1.11. The van der Waals surface area contributed by atoms with E-state index in [1.807, 2.05) is 31.2 Å². The monoisotopic (exact) mass is 689 g/mol. The third kappa shape index (κ3) is 8.65. The van der Waals surface area contributed by atoms with E-state index in [2.05, 4.69) is 15.3 Å². The average molecular weight is 690 g/mol. The van der Waals surface area contributed by atoms with Gasteiger partial charge in [0.25, 0.3) is 0 Å². The number of likely N-dealkylation sites (N-methyl/N-ethyl adjacent to an activating group) is 1. The maximum atomic E-state index is 14.3. The first kappa shape index (κ1) is 36.2. The molecule has 4 rings (SSSR count). The zero-order valence-electron chi connectivity index (χ0n) is 26.2. The van der Waals surface area contributed by atoms with Crippen molar-refractivity contribution in [2.24, 2.45) is 17.2 Å². The molecule has 0 fully saturated rings. The lowest BCUT2D eigenvalue weighted by atomic mass is 9.99. The standard InChI is InChI=1S/C33H39ClF3N7O2S/c1-19-22(21-9-3-4-11-27(21)43-19)16-28(44(2)32(46)26(40)10-5-6-14-38)30(45)42-18-23-24(33(35,36)37)12-13-25(34)29(23)47-31-20(17-39)8-7-15-41-31/h3-4,7-9,11-13,15,26,28,43H,5-6,10,14,16-18,38-40H2,1-2H3,(H,42,45)/t26-,28-/m0/s1. The molecule has 14 heteroatoms. The highest BCUT2D eigenvalue weighted by molar-refractivity contribution is 7.99. The van der Waals surface area contributed by atoms with Crippen LogP contribution in [0.4, 0.5) is 13.2 Å². The van der Waals surface area contributed by atoms with Gasteiger partial charge in [0.05, 0.1) is 16.6 Å². The van der Waals surface area contributed by atoms with E-state index in [0.717, 1.165) is 40.0 Å². The molecule has 0 bridgehead atoms. The van der Waals surface area contributed by atoms with Gasteiger partial charge in [0.15, 0.2) is 0 Å². The van der Waals surface area contributed by atoms with Gasteiger partial charge in [-0.05, 0) is 67.3 Å². The van der Waals surface area contributed by atoms with Crippen LogP contribution in [0.15, 0.2) is 64.6 Å². The van der Waals surface area contributed by atoms with Gasteiger partial charge in [-0.3, -0.25) is 9.59 Å². The zero-order valence-corrected chi connectivity index (χ0v) is 27.7. The third-order valence-electron chi connectivity index (χ3n) is 8.05. The van der Waals surface area contributed by atoms with Gasteiger partial charge >= 0.3 is 6.18 Å². The molecular formula is C33H39ClF3N7O2S. The van der Waals surface area contributed by atoms with Crippen molar-refractivity contribution in [3.63, 3.8) is 0 Å². The van der Waals surface area contributed by atoms with E-state index in [0.29, 0.717) is 36.4 Å². The van der Waals surface area contributed by atoms with E-state index in [4.69, 9.17) is 28.8 Å². The zero-order chi connectivity index (χ0) is 34.3. The molecular weight excluding hydrogens is 651 g/mol. The van der Waals surface area contributed by atoms with Crippen molar-refractivity contribution >= 4 is 46.1 Å². The Morgan fingerprint density at radius 2 is 1.83 bits per heavy atom. The molecule has 0 radical (unpaired) electrons. The summed E-state index contributed by atoms with van der Waals surface area (Å²) in [5, 5.41) is 4.01. The van der Waals surface area contributed by atoms with Crippen molar-refractivity contribution in [3.05, 3.63) is 87.7 Å². The number of aromatic nitrogens is 2. The first-order valence-electron chi connectivity index (χ1n) is 15.1. The SMILES string of the molecule is Cc1[nH]c2ccccc2c1C[C@@H](C(=O)NCc1c(C(F)(F)F)ccc(Cl)c1Sc1ncccc1CN)N(C)C(=O)[C@@H](N)CCCCN. The number of hydrogen-bond donors (Lipinski definition) is 5. The maximum Gasteiger partial charge on any atom is 0.416 e. The summed E-state index contributed by atoms with van der Waals surface area (Å²) in [5.41, 5.74) is 19.6. The fourth-order valence-electron chi connectivity index (χ4n) is 5.46. The number of aryl methyl sites for hydroxylation is 1. The van der Waals surface area contributed by atoms with Crippen LogP contribution < -0.4 is 22.5 Å². The van der Waals surface area contributed by atoms with Crippen molar-refractivity contribution < 1.29 is 22.8 Å². The number of carbonyl (C=O) groups excluding carboxylic acids is 2. The second-order valence-corrected chi connectivity index (χ2v) is 12.6. The molecule has 2 atom stereocenters. The smallest absolute Gasteiger partial charge is 0.358 e. The second kappa shape index (κ2) is 16.0. The molecule has 2 heterocycles. The number of para-hydroxylation sites is 1. The molecule has 4 aromatic rings. The second-order valence-electron chi connectivity index (χ2n) is 11.2. The molecule has 0 aliphatic rings. The number of rotatable bonds is 14. The van der Waals surface area contributed by atoms with Crippen LogP contribution in [0, 0.1) is 6.92 Å². The van der Waals surface area contributed by atoms with Gasteiger partial charge in [0.2, 0.25) is 11.8 Å². The lowest BCUT2D eigenvalue weighted by Gasteiger charge is -2.30. The normalized spacial score (nSPS) is 13.0. The Hall–Kier alpha value is -3.62. The summed E-state index contributed by atoms with van der Waals surface area (Å²) in [6, 6.07) is 11.0. The van der Waals surface area contributed by atoms with E-state index in [9.17, 15) is 22.8 Å². The number of H-pyrrole nitrogens is 1. The van der Waals surface area contributed by atoms with Crippen molar-refractivity contribution in [1.82, 2.24) is 20.2 Å². The minimum atomic E-state index is -4.75. The van der Waals surface area contributed by atoms with E-state index in [1.54, 1.807) is 12.1 Å². The number of carbonyl (C=O) groups is 2. The van der Waals surface area contributed by atoms with Gasteiger partial charge in [-0.25, -0.2) is 4.98 Å². The Bertz CT molecular complexity index is 1720. The summed E-state index contributed by atoms with van der Waals surface area (Å²) in [6.45, 7) is 1.92. The number of amides is 2. The van der Waals surface area contributed by atoms with Crippen molar-refractivity contribution in [2.75, 3.05) is 13.6 Å². The van der Waals surface area contributed by atoms with Crippen LogP contribution in [0.1, 0.15) is 47.2 Å². The largest absolute Gasteiger partial charge is 0.416 e. The number of unbranched alkanes of at least 4 members (excludes halogenated alkanes) is 1. The molecule has 8 N–H and O–H groups in total. The number of nitrogens with zero attached hydrogens (tertiary/aromatic N) is 2. The number of halogens is 4. The lowest BCUT2D eigenvalue weighted by Crippen LogP contribution is -2.53. The topological polar surface area (TPSA) is 156 Å². The van der Waals surface area contributed by atoms with Crippen LogP contribution in [-0.4, -0.2) is 52.4 Å². The minimum absolute atomic E-state index is 0.0580. The van der Waals surface area contributed by atoms with Gasteiger partial charge < -0.3 is 32.4 Å². The Balaban J connectivity index is 1.70. The number of fused-ring (bicyclic) bond motifs is 1. The molecule has 2 aromatic carbocycles. The summed E-state index contributed by atoms with van der Waals surface area (Å²) in [4.78, 5) is 36.4. The molecule has 2 amide bonds. The van der Waals surface area contributed by atoms with Crippen molar-refractivity contribution in [2.45, 2.75) is 73.9 Å². The molecule has 0 unspecified atom stereocenters. The first-order valence-corrected chi connectivity index (χ1v) is 16.3. The quantitative estimate of drug-likeness (QED) is 0.113. The summed E-state index contributed by atoms with van der Waals surface area (Å²) >= 11 is 7.43. The predicted molar refractivity (Wildman–Crippen MR) is 179 cm³/mol. The lowest BCUT2D eigenvalue weighted by molar-refractivity contribution is -0.140. The third-order valence-corrected chi connectivity index (χ3v) is 9.71. The minimum Gasteiger partial charge on any atom is -0.358 e. The van der Waals surface area contributed by atoms with Gasteiger partial charge in [0.1, 0.15) is 11.1 Å². The van der Waals surface area contributed by atoms with Crippen LogP contribution in [-0.2, 0) is 35.3 Å². The number of nitrogens with two attached hydrogens (primary N) is 3. The van der Waals surface area contributed by atoms with E-state index >= 15 is 0 Å². The van der Waals surface area contributed by atoms with Crippen LogP contribution in [0.25, 0.3) is 10.9 Å². The molecule has 2 aromatic heterocycles. The number of hydrogen-bond acceptors (Lipinski definition) is 7. The molecule has 9 nitrogen and oxygen atoms in total. The van der Waals surface area contributed by atoms with Crippen LogP contribution in [0.2, 0.25) is 5.02 Å². The fourth-order valence-corrected chi connectivity index (χ4v) is 6.81. The van der Waals surface area contributed by atoms with Crippen molar-refractivity contribution in [3.8, 4) is 0 Å². The Morgan fingerprint density at radius 1 is 1.09 bits per heavy atom. The van der Waals surface area contributed by atoms with Crippen LogP contribution in [0.5, 0.6) is 0 Å². The van der Waals surface area contributed by atoms with Gasteiger partial charge in [0, 0.05) is 54.2 Å². The summed E-state index contributed by atoms with van der Waals surface area (Å²) in [6.07, 6.45) is -1.45. The van der Waals surface area contributed by atoms with Crippen molar-refractivity contribution in [1.29, 1.82) is 0 Å². The summed E-state index contributed by atoms with van der Waals surface area (Å²) < 4.78 is 43.0. The maximum absolute atomic E-state index is 14.3. The molecule has 0 saturated carbocycles. The Labute approximate surface area is 280 Å². The van der Waals surface area contributed by atoms with E-state index in [-0.39, 0.29) is 28.4 Å². The highest BCUT2D eigenvalue weighted by Crippen LogP contribution is 2.42.